The summed E-state index contributed by atoms with van der Waals surface area (Å²) in [6.07, 6.45) is 20.0. The topological polar surface area (TPSA) is 0 Å². The SMILES string of the molecule is [CH]1C/C=C/C=C\CC/C=C/C1. The molecule has 0 aliphatic heterocycles. The summed E-state index contributed by atoms with van der Waals surface area (Å²) in [6, 6.07) is 0. The summed E-state index contributed by atoms with van der Waals surface area (Å²) in [5, 5.41) is 0. The highest BCUT2D eigenvalue weighted by Crippen LogP contribution is 2.01. The molecule has 1 aliphatic carbocycles. The molecule has 1 aliphatic rings. The smallest absolute Gasteiger partial charge is 0.0311 e. The van der Waals surface area contributed by atoms with Gasteiger partial charge in [0.15, 0.2) is 0 Å². The van der Waals surface area contributed by atoms with Gasteiger partial charge in [-0.05, 0) is 32.1 Å². The van der Waals surface area contributed by atoms with Gasteiger partial charge in [0.05, 0.1) is 0 Å². The molecule has 0 N–H and O–H groups in total. The van der Waals surface area contributed by atoms with E-state index in [0.29, 0.717) is 0 Å². The van der Waals surface area contributed by atoms with E-state index in [2.05, 4.69) is 42.9 Å². The predicted octanol–water partition coefficient (Wildman–Crippen LogP) is 3.43. The molecule has 0 heterocycles. The van der Waals surface area contributed by atoms with E-state index in [-0.39, 0.29) is 0 Å². The molecule has 0 amide bonds. The molecular formula is C11H15. The van der Waals surface area contributed by atoms with Gasteiger partial charge < -0.3 is 0 Å². The maximum atomic E-state index is 2.28. The third kappa shape index (κ3) is 4.60. The molecule has 0 heteroatoms. The van der Waals surface area contributed by atoms with Gasteiger partial charge in [-0.25, -0.2) is 0 Å². The van der Waals surface area contributed by atoms with E-state index in [1.165, 1.54) is 12.8 Å². The van der Waals surface area contributed by atoms with Gasteiger partial charge in [-0.2, -0.15) is 0 Å². The van der Waals surface area contributed by atoms with Gasteiger partial charge in [0.1, 0.15) is 0 Å². The van der Waals surface area contributed by atoms with Crippen LogP contribution in [0.3, 0.4) is 0 Å². The lowest BCUT2D eigenvalue weighted by molar-refractivity contribution is 1.03. The Hall–Kier alpha value is -0.780. The van der Waals surface area contributed by atoms with E-state index in [1.807, 2.05) is 0 Å². The van der Waals surface area contributed by atoms with Crippen LogP contribution in [0.2, 0.25) is 0 Å². The molecule has 59 valence electrons. The van der Waals surface area contributed by atoms with Crippen molar-refractivity contribution in [2.24, 2.45) is 0 Å². The number of hydrogen-bond acceptors (Lipinski definition) is 0. The Labute approximate surface area is 69.3 Å². The Balaban J connectivity index is 2.34. The lowest BCUT2D eigenvalue weighted by Crippen LogP contribution is -1.69. The molecule has 0 aromatic heterocycles. The van der Waals surface area contributed by atoms with Gasteiger partial charge in [-0.15, -0.1) is 0 Å². The summed E-state index contributed by atoms with van der Waals surface area (Å²) < 4.78 is 0. The van der Waals surface area contributed by atoms with Crippen molar-refractivity contribution in [3.8, 4) is 0 Å². The summed E-state index contributed by atoms with van der Waals surface area (Å²) in [5.74, 6) is 0. The molecule has 11 heavy (non-hydrogen) atoms. The third-order valence-electron chi connectivity index (χ3n) is 1.66. The van der Waals surface area contributed by atoms with Crippen LogP contribution in [0.25, 0.3) is 0 Å². The van der Waals surface area contributed by atoms with Crippen LogP contribution in [-0.2, 0) is 0 Å². The van der Waals surface area contributed by atoms with Crippen molar-refractivity contribution >= 4 is 0 Å². The zero-order valence-electron chi connectivity index (χ0n) is 6.87. The molecule has 1 radical (unpaired) electrons. The average molecular weight is 147 g/mol. The Morgan fingerprint density at radius 1 is 0.636 bits per heavy atom. The van der Waals surface area contributed by atoms with Crippen LogP contribution in [-0.4, -0.2) is 0 Å². The molecule has 0 unspecified atom stereocenters. The van der Waals surface area contributed by atoms with Crippen molar-refractivity contribution in [2.45, 2.75) is 25.7 Å². The van der Waals surface area contributed by atoms with Crippen LogP contribution < -0.4 is 0 Å². The second-order valence-corrected chi connectivity index (χ2v) is 2.67. The zero-order chi connectivity index (χ0) is 7.78. The highest BCUT2D eigenvalue weighted by atomic mass is 13.9. The summed E-state index contributed by atoms with van der Waals surface area (Å²) in [7, 11) is 0. The largest absolute Gasteiger partial charge is 0.0882 e. The van der Waals surface area contributed by atoms with E-state index < -0.39 is 0 Å². The van der Waals surface area contributed by atoms with Crippen molar-refractivity contribution in [3.05, 3.63) is 42.9 Å². The first-order valence-corrected chi connectivity index (χ1v) is 4.28. The van der Waals surface area contributed by atoms with E-state index in [4.69, 9.17) is 0 Å². The van der Waals surface area contributed by atoms with Gasteiger partial charge in [0.25, 0.3) is 0 Å². The average Bonchev–Trinajstić information content (AvgIpc) is 2.08. The molecule has 0 saturated carbocycles. The first-order valence-electron chi connectivity index (χ1n) is 4.28. The fraction of sp³-hybridized carbons (Fsp3) is 0.364. The van der Waals surface area contributed by atoms with Crippen LogP contribution in [0.4, 0.5) is 0 Å². The number of rotatable bonds is 0. The molecule has 0 aromatic rings. The summed E-state index contributed by atoms with van der Waals surface area (Å²) in [4.78, 5) is 0. The molecule has 0 bridgehead atoms. The maximum Gasteiger partial charge on any atom is -0.0311 e. The van der Waals surface area contributed by atoms with Crippen LogP contribution in [0, 0.1) is 6.42 Å². The number of allylic oxidation sites excluding steroid dienone is 6. The first kappa shape index (κ1) is 8.32. The van der Waals surface area contributed by atoms with E-state index in [9.17, 15) is 0 Å². The van der Waals surface area contributed by atoms with E-state index in [1.54, 1.807) is 0 Å². The lowest BCUT2D eigenvalue weighted by atomic mass is 10.2. The van der Waals surface area contributed by atoms with E-state index >= 15 is 0 Å². The quantitative estimate of drug-likeness (QED) is 0.460. The molecule has 0 saturated heterocycles. The summed E-state index contributed by atoms with van der Waals surface area (Å²) in [6.45, 7) is 0. The van der Waals surface area contributed by atoms with Crippen molar-refractivity contribution in [3.63, 3.8) is 0 Å². The monoisotopic (exact) mass is 147 g/mol. The van der Waals surface area contributed by atoms with Crippen LogP contribution in [0.15, 0.2) is 36.5 Å². The van der Waals surface area contributed by atoms with Crippen molar-refractivity contribution in [2.75, 3.05) is 0 Å². The van der Waals surface area contributed by atoms with Gasteiger partial charge in [0, 0.05) is 0 Å². The van der Waals surface area contributed by atoms with Crippen LogP contribution in [0.5, 0.6) is 0 Å². The van der Waals surface area contributed by atoms with Gasteiger partial charge in [-0.1, -0.05) is 36.5 Å². The second kappa shape index (κ2) is 5.96. The zero-order valence-corrected chi connectivity index (χ0v) is 6.87. The summed E-state index contributed by atoms with van der Waals surface area (Å²) >= 11 is 0. The summed E-state index contributed by atoms with van der Waals surface area (Å²) in [5.41, 5.74) is 0. The minimum Gasteiger partial charge on any atom is -0.0882 e. The Morgan fingerprint density at radius 3 is 2.36 bits per heavy atom. The van der Waals surface area contributed by atoms with Crippen molar-refractivity contribution in [1.82, 2.24) is 0 Å². The lowest BCUT2D eigenvalue weighted by Gasteiger charge is -1.87. The predicted molar refractivity (Wildman–Crippen MR) is 50.2 cm³/mol. The Bertz CT molecular complexity index is 161. The van der Waals surface area contributed by atoms with Crippen molar-refractivity contribution < 1.29 is 0 Å². The van der Waals surface area contributed by atoms with E-state index in [0.717, 1.165) is 12.8 Å². The van der Waals surface area contributed by atoms with Gasteiger partial charge in [0.2, 0.25) is 0 Å². The minimum atomic E-state index is 1.09. The fourth-order valence-electron chi connectivity index (χ4n) is 1.03. The second-order valence-electron chi connectivity index (χ2n) is 2.67. The van der Waals surface area contributed by atoms with Gasteiger partial charge >= 0.3 is 0 Å². The highest BCUT2D eigenvalue weighted by Gasteiger charge is 1.82. The maximum absolute atomic E-state index is 2.28. The Morgan fingerprint density at radius 2 is 1.36 bits per heavy atom. The first-order chi connectivity index (χ1) is 5.50. The molecule has 0 fully saturated rings. The molecule has 1 rings (SSSR count). The molecular weight excluding hydrogens is 132 g/mol. The van der Waals surface area contributed by atoms with Gasteiger partial charge in [-0.3, -0.25) is 0 Å². The molecule has 0 atom stereocenters. The number of hydrogen-bond donors (Lipinski definition) is 0. The molecule has 0 nitrogen and oxygen atoms in total. The minimum absolute atomic E-state index is 1.09. The Kier molecular flexibility index (Phi) is 4.51. The fourth-order valence-corrected chi connectivity index (χ4v) is 1.03. The third-order valence-corrected chi connectivity index (χ3v) is 1.66. The highest BCUT2D eigenvalue weighted by molar-refractivity contribution is 5.05. The van der Waals surface area contributed by atoms with Crippen LogP contribution in [0.1, 0.15) is 25.7 Å². The van der Waals surface area contributed by atoms with Crippen molar-refractivity contribution in [1.29, 1.82) is 0 Å². The molecule has 0 aromatic carbocycles. The standard InChI is InChI=1S/C11H15/c1-2-4-6-8-10-11-9-7-5-3-1/h1-4,7,10-11H,5-6,8-9H2/b3-1+,4-2-,11-10+. The molecule has 0 spiro atoms. The van der Waals surface area contributed by atoms with Crippen LogP contribution >= 0.6 is 0 Å². The normalized spacial score (nSPS) is 28.4.